The van der Waals surface area contributed by atoms with Crippen molar-refractivity contribution in [1.29, 1.82) is 0 Å². The number of hydrogen-bond donors (Lipinski definition) is 0. The van der Waals surface area contributed by atoms with E-state index in [2.05, 4.69) is 11.9 Å². The summed E-state index contributed by atoms with van der Waals surface area (Å²) in [4.78, 5) is 2.33. The van der Waals surface area contributed by atoms with Crippen molar-refractivity contribution in [1.82, 2.24) is 9.21 Å². The van der Waals surface area contributed by atoms with Gasteiger partial charge in [-0.25, -0.2) is 8.42 Å². The summed E-state index contributed by atoms with van der Waals surface area (Å²) in [5.41, 5.74) is 0.168. The molecule has 2 aliphatic rings. The highest BCUT2D eigenvalue weighted by atomic mass is 32.2. The Kier molecular flexibility index (Phi) is 2.36. The fraction of sp³-hybridized carbons (Fsp3) is 1.00. The van der Waals surface area contributed by atoms with Crippen molar-refractivity contribution < 1.29 is 8.42 Å². The van der Waals surface area contributed by atoms with E-state index >= 15 is 0 Å². The number of piperazine rings is 1. The van der Waals surface area contributed by atoms with Gasteiger partial charge in [0.15, 0.2) is 0 Å². The third-order valence-electron chi connectivity index (χ3n) is 3.72. The lowest BCUT2D eigenvalue weighted by Gasteiger charge is -2.54. The summed E-state index contributed by atoms with van der Waals surface area (Å²) in [5.74, 6) is 0. The smallest absolute Gasteiger partial charge is 0.211 e. The first-order valence-electron chi connectivity index (χ1n) is 5.10. The Morgan fingerprint density at radius 3 is 2.29 bits per heavy atom. The molecule has 0 radical (unpaired) electrons. The first-order chi connectivity index (χ1) is 6.44. The Morgan fingerprint density at radius 2 is 1.86 bits per heavy atom. The number of rotatable bonds is 1. The van der Waals surface area contributed by atoms with Crippen molar-refractivity contribution in [2.24, 2.45) is 0 Å². The topological polar surface area (TPSA) is 40.6 Å². The van der Waals surface area contributed by atoms with E-state index in [1.165, 1.54) is 12.7 Å². The van der Waals surface area contributed by atoms with Crippen LogP contribution in [0.25, 0.3) is 0 Å². The predicted octanol–water partition coefficient (Wildman–Crippen LogP) is 0.116. The van der Waals surface area contributed by atoms with E-state index in [4.69, 9.17) is 0 Å². The lowest BCUT2D eigenvalue weighted by atomic mass is 9.74. The van der Waals surface area contributed by atoms with Gasteiger partial charge in [-0.3, -0.25) is 4.90 Å². The number of nitrogens with zero attached hydrogens (tertiary/aromatic N) is 2. The molecule has 0 aromatic rings. The molecule has 82 valence electrons. The van der Waals surface area contributed by atoms with E-state index in [-0.39, 0.29) is 5.54 Å². The molecule has 0 bridgehead atoms. The van der Waals surface area contributed by atoms with E-state index in [1.807, 2.05) is 0 Å². The minimum Gasteiger partial charge on any atom is -0.298 e. The van der Waals surface area contributed by atoms with Gasteiger partial charge in [-0.15, -0.1) is 0 Å². The largest absolute Gasteiger partial charge is 0.298 e. The molecule has 14 heavy (non-hydrogen) atoms. The lowest BCUT2D eigenvalue weighted by molar-refractivity contribution is -0.0106. The van der Waals surface area contributed by atoms with Crippen molar-refractivity contribution in [3.63, 3.8) is 0 Å². The summed E-state index contributed by atoms with van der Waals surface area (Å²) in [7, 11) is -0.880. The summed E-state index contributed by atoms with van der Waals surface area (Å²) in [6.45, 7) is 2.21. The van der Waals surface area contributed by atoms with Crippen molar-refractivity contribution in [3.05, 3.63) is 0 Å². The van der Waals surface area contributed by atoms with Crippen molar-refractivity contribution in [2.45, 2.75) is 24.8 Å². The molecule has 1 saturated heterocycles. The molecule has 0 aromatic carbocycles. The van der Waals surface area contributed by atoms with E-state index < -0.39 is 10.0 Å². The number of sulfonamides is 1. The van der Waals surface area contributed by atoms with Crippen LogP contribution in [-0.2, 0) is 10.0 Å². The van der Waals surface area contributed by atoms with Gasteiger partial charge >= 0.3 is 0 Å². The maximum absolute atomic E-state index is 11.4. The molecule has 1 saturated carbocycles. The zero-order chi connectivity index (χ0) is 10.4. The monoisotopic (exact) mass is 218 g/mol. The average molecular weight is 218 g/mol. The maximum Gasteiger partial charge on any atom is 0.211 e. The fourth-order valence-corrected chi connectivity index (χ4v) is 3.32. The summed E-state index contributed by atoms with van der Waals surface area (Å²) < 4.78 is 24.5. The van der Waals surface area contributed by atoms with Gasteiger partial charge in [0.05, 0.1) is 6.26 Å². The fourth-order valence-electron chi connectivity index (χ4n) is 2.43. The highest BCUT2D eigenvalue weighted by Gasteiger charge is 2.46. The lowest BCUT2D eigenvalue weighted by Crippen LogP contribution is -2.64. The van der Waals surface area contributed by atoms with Crippen LogP contribution in [0.2, 0.25) is 0 Å². The quantitative estimate of drug-likeness (QED) is 0.627. The van der Waals surface area contributed by atoms with Crippen LogP contribution >= 0.6 is 0 Å². The highest BCUT2D eigenvalue weighted by molar-refractivity contribution is 7.88. The Morgan fingerprint density at radius 1 is 1.21 bits per heavy atom. The molecule has 2 rings (SSSR count). The van der Waals surface area contributed by atoms with Gasteiger partial charge in [0.25, 0.3) is 0 Å². The average Bonchev–Trinajstić information content (AvgIpc) is 2.00. The van der Waals surface area contributed by atoms with Crippen LogP contribution in [0.3, 0.4) is 0 Å². The van der Waals surface area contributed by atoms with Crippen LogP contribution in [0.5, 0.6) is 0 Å². The SMILES string of the molecule is CN1CCN(S(C)(=O)=O)CC12CCC2. The first kappa shape index (κ1) is 10.4. The van der Waals surface area contributed by atoms with E-state index in [0.29, 0.717) is 13.1 Å². The van der Waals surface area contributed by atoms with Gasteiger partial charge in [-0.1, -0.05) is 0 Å². The van der Waals surface area contributed by atoms with Gasteiger partial charge in [0.2, 0.25) is 10.0 Å². The molecule has 4 nitrogen and oxygen atoms in total. The molecule has 1 spiro atoms. The predicted molar refractivity (Wildman–Crippen MR) is 55.6 cm³/mol. The van der Waals surface area contributed by atoms with Crippen LogP contribution < -0.4 is 0 Å². The molecule has 0 aromatic heterocycles. The Bertz CT molecular complexity index is 322. The van der Waals surface area contributed by atoms with Crippen LogP contribution in [-0.4, -0.2) is 56.1 Å². The third kappa shape index (κ3) is 1.57. The Balaban J connectivity index is 2.14. The second-order valence-corrected chi connectivity index (χ2v) is 6.58. The Labute approximate surface area is 85.9 Å². The van der Waals surface area contributed by atoms with Crippen LogP contribution in [0, 0.1) is 0 Å². The minimum atomic E-state index is -2.99. The van der Waals surface area contributed by atoms with Crippen LogP contribution in [0.1, 0.15) is 19.3 Å². The molecule has 0 amide bonds. The normalized spacial score (nSPS) is 29.0. The van der Waals surface area contributed by atoms with Crippen molar-refractivity contribution in [3.8, 4) is 0 Å². The van der Waals surface area contributed by atoms with E-state index in [1.54, 1.807) is 4.31 Å². The number of likely N-dealkylation sites (N-methyl/N-ethyl adjacent to an activating group) is 1. The van der Waals surface area contributed by atoms with Gasteiger partial charge in [-0.2, -0.15) is 4.31 Å². The maximum atomic E-state index is 11.4. The highest BCUT2D eigenvalue weighted by Crippen LogP contribution is 2.39. The summed E-state index contributed by atoms with van der Waals surface area (Å²) in [5, 5.41) is 0. The van der Waals surface area contributed by atoms with E-state index in [0.717, 1.165) is 19.4 Å². The molecule has 5 heteroatoms. The molecule has 1 aliphatic carbocycles. The van der Waals surface area contributed by atoms with Crippen LogP contribution in [0.4, 0.5) is 0 Å². The zero-order valence-electron chi connectivity index (χ0n) is 8.86. The van der Waals surface area contributed by atoms with Crippen LogP contribution in [0.15, 0.2) is 0 Å². The summed E-state index contributed by atoms with van der Waals surface area (Å²) in [6, 6.07) is 0. The first-order valence-corrected chi connectivity index (χ1v) is 6.95. The molecule has 0 unspecified atom stereocenters. The van der Waals surface area contributed by atoms with Crippen molar-refractivity contribution >= 4 is 10.0 Å². The molecular formula is C9H18N2O2S. The molecule has 1 heterocycles. The molecular weight excluding hydrogens is 200 g/mol. The van der Waals surface area contributed by atoms with Gasteiger partial charge in [0.1, 0.15) is 0 Å². The van der Waals surface area contributed by atoms with Gasteiger partial charge in [0, 0.05) is 25.2 Å². The van der Waals surface area contributed by atoms with Crippen molar-refractivity contribution in [2.75, 3.05) is 32.9 Å². The third-order valence-corrected chi connectivity index (χ3v) is 4.97. The molecule has 2 fully saturated rings. The minimum absolute atomic E-state index is 0.168. The standard InChI is InChI=1S/C9H18N2O2S/c1-10-6-7-11(14(2,12)13)8-9(10)4-3-5-9/h3-8H2,1-2H3. The summed E-state index contributed by atoms with van der Waals surface area (Å²) in [6.07, 6.45) is 4.84. The number of hydrogen-bond acceptors (Lipinski definition) is 3. The molecule has 1 aliphatic heterocycles. The molecule has 0 N–H and O–H groups in total. The zero-order valence-corrected chi connectivity index (χ0v) is 9.68. The second-order valence-electron chi connectivity index (χ2n) is 4.60. The Hall–Kier alpha value is -0.130. The van der Waals surface area contributed by atoms with Gasteiger partial charge < -0.3 is 0 Å². The van der Waals surface area contributed by atoms with E-state index in [9.17, 15) is 8.42 Å². The summed E-state index contributed by atoms with van der Waals surface area (Å²) >= 11 is 0. The van der Waals surface area contributed by atoms with Gasteiger partial charge in [-0.05, 0) is 26.3 Å². The molecule has 0 atom stereocenters. The second kappa shape index (κ2) is 3.18.